The predicted molar refractivity (Wildman–Crippen MR) is 74.7 cm³/mol. The third-order valence-electron chi connectivity index (χ3n) is 3.24. The highest BCUT2D eigenvalue weighted by atomic mass is 79.9. The van der Waals surface area contributed by atoms with Crippen molar-refractivity contribution in [2.45, 2.75) is 31.2 Å². The van der Waals surface area contributed by atoms with Gasteiger partial charge in [0.15, 0.2) is 0 Å². The summed E-state index contributed by atoms with van der Waals surface area (Å²) in [6, 6.07) is 8.65. The Balaban J connectivity index is 2.31. The number of alkyl halides is 3. The Hall–Kier alpha value is -1.05. The largest absolute Gasteiger partial charge is 0.426 e. The van der Waals surface area contributed by atoms with E-state index in [1.165, 1.54) is 6.20 Å². The van der Waals surface area contributed by atoms with Gasteiger partial charge in [-0.3, -0.25) is 5.32 Å². The summed E-state index contributed by atoms with van der Waals surface area (Å²) in [5.74, 6) is 0. The van der Waals surface area contributed by atoms with Crippen LogP contribution in [0.4, 0.5) is 13.2 Å². The van der Waals surface area contributed by atoms with Crippen LogP contribution in [0.2, 0.25) is 0 Å². The molecule has 1 aromatic rings. The summed E-state index contributed by atoms with van der Waals surface area (Å²) < 4.78 is 40.3. The van der Waals surface area contributed by atoms with Crippen molar-refractivity contribution in [2.75, 3.05) is 0 Å². The molecule has 3 N–H and O–H groups in total. The van der Waals surface area contributed by atoms with Crippen molar-refractivity contribution >= 4 is 15.9 Å². The summed E-state index contributed by atoms with van der Waals surface area (Å²) in [5, 5.41) is 2.67. The van der Waals surface area contributed by atoms with Crippen molar-refractivity contribution in [1.29, 1.82) is 0 Å². The van der Waals surface area contributed by atoms with Crippen molar-refractivity contribution in [3.05, 3.63) is 46.6 Å². The van der Waals surface area contributed by atoms with Gasteiger partial charge in [-0.05, 0) is 12.0 Å². The van der Waals surface area contributed by atoms with Gasteiger partial charge >= 0.3 is 6.18 Å². The van der Waals surface area contributed by atoms with Crippen molar-refractivity contribution < 1.29 is 13.2 Å². The first kappa shape index (κ1) is 15.3. The van der Waals surface area contributed by atoms with Gasteiger partial charge in [-0.25, -0.2) is 5.43 Å². The average Bonchev–Trinajstić information content (AvgIpc) is 2.79. The second-order valence-corrected chi connectivity index (χ2v) is 5.38. The number of hydrazine groups is 1. The molecule has 0 saturated carbocycles. The fourth-order valence-corrected chi connectivity index (χ4v) is 2.69. The molecule has 1 aliphatic rings. The summed E-state index contributed by atoms with van der Waals surface area (Å²) in [5.41, 5.74) is 3.17. The molecule has 7 heteroatoms. The van der Waals surface area contributed by atoms with Gasteiger partial charge in [0.2, 0.25) is 5.66 Å². The van der Waals surface area contributed by atoms with Crippen LogP contribution in [0.5, 0.6) is 0 Å². The highest BCUT2D eigenvalue weighted by Gasteiger charge is 2.59. The normalized spacial score (nSPS) is 24.1. The second-order valence-electron chi connectivity index (χ2n) is 4.53. The van der Waals surface area contributed by atoms with Crippen LogP contribution in [0.3, 0.4) is 0 Å². The van der Waals surface area contributed by atoms with E-state index in [1.54, 1.807) is 0 Å². The number of rotatable bonds is 4. The molecule has 3 nitrogen and oxygen atoms in total. The maximum Gasteiger partial charge on any atom is 0.426 e. The van der Waals surface area contributed by atoms with Gasteiger partial charge in [-0.2, -0.15) is 13.2 Å². The number of nitrogens with one attached hydrogen (secondary N) is 3. The standard InChI is InChI=1S/C13H15BrF3N3/c1-2-10(9-6-4-3-5-7-9)19-12(13(15,16)17)11(14)8-18-20-12/h3-8,10,18-20H,2H2,1H3. The van der Waals surface area contributed by atoms with E-state index in [0.717, 1.165) is 5.56 Å². The Morgan fingerprint density at radius 1 is 1.30 bits per heavy atom. The summed E-state index contributed by atoms with van der Waals surface area (Å²) in [6.07, 6.45) is -2.71. The number of halogens is 4. The molecule has 0 aromatic heterocycles. The molecule has 110 valence electrons. The number of benzene rings is 1. The van der Waals surface area contributed by atoms with Gasteiger partial charge in [0, 0.05) is 12.2 Å². The van der Waals surface area contributed by atoms with Crippen LogP contribution in [0.1, 0.15) is 24.9 Å². The van der Waals surface area contributed by atoms with E-state index in [1.807, 2.05) is 37.3 Å². The van der Waals surface area contributed by atoms with Gasteiger partial charge in [-0.15, -0.1) is 0 Å². The zero-order chi connectivity index (χ0) is 14.8. The van der Waals surface area contributed by atoms with Crippen LogP contribution in [0, 0.1) is 0 Å². The van der Waals surface area contributed by atoms with Crippen molar-refractivity contribution in [3.8, 4) is 0 Å². The summed E-state index contributed by atoms with van der Waals surface area (Å²) >= 11 is 2.98. The molecular formula is C13H15BrF3N3. The minimum absolute atomic E-state index is 0.0214. The van der Waals surface area contributed by atoms with Gasteiger partial charge in [0.05, 0.1) is 4.48 Å². The molecule has 2 rings (SSSR count). The minimum atomic E-state index is -4.49. The molecule has 20 heavy (non-hydrogen) atoms. The first-order valence-electron chi connectivity index (χ1n) is 6.19. The Kier molecular flexibility index (Phi) is 4.41. The van der Waals surface area contributed by atoms with Crippen LogP contribution in [0.25, 0.3) is 0 Å². The molecule has 1 heterocycles. The molecule has 2 atom stereocenters. The highest BCUT2D eigenvalue weighted by molar-refractivity contribution is 9.11. The van der Waals surface area contributed by atoms with E-state index in [4.69, 9.17) is 0 Å². The molecule has 2 unspecified atom stereocenters. The van der Waals surface area contributed by atoms with Crippen molar-refractivity contribution in [3.63, 3.8) is 0 Å². The summed E-state index contributed by atoms with van der Waals surface area (Å²) in [7, 11) is 0. The summed E-state index contributed by atoms with van der Waals surface area (Å²) in [4.78, 5) is 0. The quantitative estimate of drug-likeness (QED) is 0.780. The second kappa shape index (κ2) is 5.75. The van der Waals surface area contributed by atoms with Crippen molar-refractivity contribution in [1.82, 2.24) is 16.2 Å². The fraction of sp³-hybridized carbons (Fsp3) is 0.385. The zero-order valence-corrected chi connectivity index (χ0v) is 12.3. The Morgan fingerprint density at radius 2 is 1.95 bits per heavy atom. The maximum absolute atomic E-state index is 13.4. The predicted octanol–water partition coefficient (Wildman–Crippen LogP) is 3.33. The lowest BCUT2D eigenvalue weighted by Gasteiger charge is -2.36. The lowest BCUT2D eigenvalue weighted by atomic mass is 10.0. The zero-order valence-electron chi connectivity index (χ0n) is 10.8. The van der Waals surface area contributed by atoms with E-state index in [-0.39, 0.29) is 4.48 Å². The Bertz CT molecular complexity index is 489. The maximum atomic E-state index is 13.4. The first-order valence-corrected chi connectivity index (χ1v) is 6.98. The number of hydrogen-bond acceptors (Lipinski definition) is 3. The molecule has 0 amide bonds. The average molecular weight is 350 g/mol. The van der Waals surface area contributed by atoms with Crippen LogP contribution < -0.4 is 16.2 Å². The van der Waals surface area contributed by atoms with E-state index in [9.17, 15) is 13.2 Å². The molecular weight excluding hydrogens is 335 g/mol. The topological polar surface area (TPSA) is 36.1 Å². The molecule has 1 aromatic carbocycles. The highest BCUT2D eigenvalue weighted by Crippen LogP contribution is 2.40. The van der Waals surface area contributed by atoms with Gasteiger partial charge in [0.25, 0.3) is 0 Å². The van der Waals surface area contributed by atoms with Crippen LogP contribution in [-0.2, 0) is 0 Å². The lowest BCUT2D eigenvalue weighted by molar-refractivity contribution is -0.194. The van der Waals surface area contributed by atoms with Crippen LogP contribution in [-0.4, -0.2) is 11.8 Å². The van der Waals surface area contributed by atoms with E-state index < -0.39 is 17.9 Å². The van der Waals surface area contributed by atoms with E-state index in [2.05, 4.69) is 32.1 Å². The number of hydrogen-bond donors (Lipinski definition) is 3. The molecule has 0 spiro atoms. The smallest absolute Gasteiger partial charge is 0.326 e. The first-order chi connectivity index (χ1) is 9.40. The fourth-order valence-electron chi connectivity index (χ4n) is 2.14. The van der Waals surface area contributed by atoms with Crippen LogP contribution >= 0.6 is 15.9 Å². The Morgan fingerprint density at radius 3 is 2.40 bits per heavy atom. The van der Waals surface area contributed by atoms with E-state index >= 15 is 0 Å². The van der Waals surface area contributed by atoms with Gasteiger partial charge < -0.3 is 5.43 Å². The summed E-state index contributed by atoms with van der Waals surface area (Å²) in [6.45, 7) is 1.84. The van der Waals surface area contributed by atoms with Crippen molar-refractivity contribution in [2.24, 2.45) is 0 Å². The molecule has 0 saturated heterocycles. The third-order valence-corrected chi connectivity index (χ3v) is 4.07. The lowest BCUT2D eigenvalue weighted by Crippen LogP contribution is -2.66. The van der Waals surface area contributed by atoms with Gasteiger partial charge in [-0.1, -0.05) is 53.2 Å². The molecule has 1 aliphatic heterocycles. The Labute approximate surface area is 123 Å². The van der Waals surface area contributed by atoms with E-state index in [0.29, 0.717) is 6.42 Å². The molecule has 0 bridgehead atoms. The SMILES string of the molecule is CCC(NC1(C(F)(F)F)NNC=C1Br)c1ccccc1. The minimum Gasteiger partial charge on any atom is -0.326 e. The monoisotopic (exact) mass is 349 g/mol. The molecule has 0 fully saturated rings. The van der Waals surface area contributed by atoms with Crippen LogP contribution in [0.15, 0.2) is 41.0 Å². The molecule has 0 radical (unpaired) electrons. The third kappa shape index (κ3) is 2.70. The van der Waals surface area contributed by atoms with Gasteiger partial charge in [0.1, 0.15) is 0 Å². The molecule has 0 aliphatic carbocycles.